The lowest BCUT2D eigenvalue weighted by atomic mass is 10.2. The highest BCUT2D eigenvalue weighted by molar-refractivity contribution is 9.10. The van der Waals surface area contributed by atoms with Crippen molar-refractivity contribution in [3.8, 4) is 6.07 Å². The summed E-state index contributed by atoms with van der Waals surface area (Å²) in [6.45, 7) is 0. The average molecular weight is 335 g/mol. The van der Waals surface area contributed by atoms with Crippen LogP contribution in [0.15, 0.2) is 56.7 Å². The number of nitrogens with zero attached hydrogens (tertiary/aromatic N) is 2. The van der Waals surface area contributed by atoms with Crippen LogP contribution in [0.2, 0.25) is 0 Å². The maximum absolute atomic E-state index is 10.9. The zero-order valence-corrected chi connectivity index (χ0v) is 11.9. The number of hydrogen-bond acceptors (Lipinski definition) is 4. The van der Waals surface area contributed by atoms with Crippen LogP contribution in [0.25, 0.3) is 0 Å². The number of benzene rings is 2. The maximum Gasteiger partial charge on any atom is 0.288 e. The van der Waals surface area contributed by atoms with Gasteiger partial charge in [-0.05, 0) is 34.1 Å². The molecule has 6 heteroatoms. The van der Waals surface area contributed by atoms with Gasteiger partial charge in [0, 0.05) is 20.3 Å². The number of nitriles is 1. The smallest absolute Gasteiger partial charge is 0.258 e. The lowest BCUT2D eigenvalue weighted by molar-refractivity contribution is -0.385. The van der Waals surface area contributed by atoms with Gasteiger partial charge in [-0.1, -0.05) is 30.0 Å². The first kappa shape index (κ1) is 13.6. The molecule has 19 heavy (non-hydrogen) atoms. The Morgan fingerprint density at radius 2 is 1.84 bits per heavy atom. The van der Waals surface area contributed by atoms with Crippen LogP contribution in [-0.2, 0) is 0 Å². The zero-order valence-electron chi connectivity index (χ0n) is 9.54. The molecule has 0 aromatic heterocycles. The van der Waals surface area contributed by atoms with E-state index in [-0.39, 0.29) is 11.3 Å². The molecule has 0 saturated heterocycles. The van der Waals surface area contributed by atoms with Gasteiger partial charge < -0.3 is 0 Å². The zero-order chi connectivity index (χ0) is 13.8. The van der Waals surface area contributed by atoms with Crippen molar-refractivity contribution < 1.29 is 4.92 Å². The largest absolute Gasteiger partial charge is 0.288 e. The normalized spacial score (nSPS) is 9.89. The van der Waals surface area contributed by atoms with Crippen LogP contribution in [0.4, 0.5) is 5.69 Å². The molecule has 0 aliphatic heterocycles. The third-order valence-electron chi connectivity index (χ3n) is 2.37. The van der Waals surface area contributed by atoms with Gasteiger partial charge in [-0.25, -0.2) is 0 Å². The van der Waals surface area contributed by atoms with Crippen LogP contribution in [0.5, 0.6) is 0 Å². The summed E-state index contributed by atoms with van der Waals surface area (Å²) in [5, 5.41) is 20.0. The molecule has 0 N–H and O–H groups in total. The van der Waals surface area contributed by atoms with E-state index in [9.17, 15) is 10.1 Å². The highest BCUT2D eigenvalue weighted by Crippen LogP contribution is 2.37. The van der Waals surface area contributed by atoms with Crippen molar-refractivity contribution in [2.75, 3.05) is 0 Å². The van der Waals surface area contributed by atoms with E-state index in [1.807, 2.05) is 30.3 Å². The van der Waals surface area contributed by atoms with Gasteiger partial charge in [0.2, 0.25) is 0 Å². The average Bonchev–Trinajstić information content (AvgIpc) is 2.41. The predicted molar refractivity (Wildman–Crippen MR) is 76.1 cm³/mol. The fraction of sp³-hybridized carbons (Fsp3) is 0. The first-order chi connectivity index (χ1) is 9.13. The van der Waals surface area contributed by atoms with Crippen molar-refractivity contribution in [3.05, 3.63) is 62.6 Å². The molecule has 2 rings (SSSR count). The Labute approximate surface area is 122 Å². The standard InChI is InChI=1S/C13H7BrN2O2S/c14-10-4-1-2-6-13(10)19-12-7-3-5-11(16(17)18)9(12)8-15/h1-7H. The highest BCUT2D eigenvalue weighted by atomic mass is 79.9. The number of hydrogen-bond donors (Lipinski definition) is 0. The van der Waals surface area contributed by atoms with Crippen LogP contribution in [0.1, 0.15) is 5.56 Å². The Hall–Kier alpha value is -1.84. The Morgan fingerprint density at radius 3 is 2.47 bits per heavy atom. The molecule has 4 nitrogen and oxygen atoms in total. The first-order valence-corrected chi connectivity index (χ1v) is 6.84. The van der Waals surface area contributed by atoms with E-state index in [0.717, 1.165) is 9.37 Å². The molecule has 0 saturated carbocycles. The number of rotatable bonds is 3. The van der Waals surface area contributed by atoms with Gasteiger partial charge in [-0.3, -0.25) is 10.1 Å². The Bertz CT molecular complexity index is 683. The van der Waals surface area contributed by atoms with E-state index in [0.29, 0.717) is 4.90 Å². The number of halogens is 1. The summed E-state index contributed by atoms with van der Waals surface area (Å²) in [4.78, 5) is 11.8. The van der Waals surface area contributed by atoms with E-state index in [1.54, 1.807) is 12.1 Å². The van der Waals surface area contributed by atoms with Crippen molar-refractivity contribution in [1.29, 1.82) is 5.26 Å². The van der Waals surface area contributed by atoms with E-state index in [2.05, 4.69) is 15.9 Å². The molecule has 0 unspecified atom stereocenters. The minimum absolute atomic E-state index is 0.0910. The molecule has 0 bridgehead atoms. The quantitative estimate of drug-likeness (QED) is 0.617. The van der Waals surface area contributed by atoms with Crippen LogP contribution in [0, 0.1) is 21.4 Å². The van der Waals surface area contributed by atoms with Crippen LogP contribution in [0.3, 0.4) is 0 Å². The van der Waals surface area contributed by atoms with Crippen molar-refractivity contribution in [2.24, 2.45) is 0 Å². The van der Waals surface area contributed by atoms with Crippen LogP contribution < -0.4 is 0 Å². The summed E-state index contributed by atoms with van der Waals surface area (Å²) in [5.41, 5.74) is -0.0761. The predicted octanol–water partition coefficient (Wildman–Crippen LogP) is 4.38. The molecule has 0 amide bonds. The third kappa shape index (κ3) is 2.95. The van der Waals surface area contributed by atoms with E-state index < -0.39 is 4.92 Å². The second-order valence-electron chi connectivity index (χ2n) is 3.55. The molecule has 94 valence electrons. The summed E-state index contributed by atoms with van der Waals surface area (Å²) in [7, 11) is 0. The van der Waals surface area contributed by atoms with Gasteiger partial charge in [0.25, 0.3) is 5.69 Å². The molecule has 0 aliphatic carbocycles. The van der Waals surface area contributed by atoms with Crippen LogP contribution >= 0.6 is 27.7 Å². The molecule has 0 spiro atoms. The van der Waals surface area contributed by atoms with E-state index >= 15 is 0 Å². The van der Waals surface area contributed by atoms with Gasteiger partial charge in [-0.2, -0.15) is 5.26 Å². The van der Waals surface area contributed by atoms with Gasteiger partial charge in [0.15, 0.2) is 0 Å². The minimum atomic E-state index is -0.539. The Kier molecular flexibility index (Phi) is 4.20. The Balaban J connectivity index is 2.47. The summed E-state index contributed by atoms with van der Waals surface area (Å²) in [5.74, 6) is 0. The fourth-order valence-corrected chi connectivity index (χ4v) is 2.99. The maximum atomic E-state index is 10.9. The van der Waals surface area contributed by atoms with E-state index in [4.69, 9.17) is 5.26 Å². The first-order valence-electron chi connectivity index (χ1n) is 5.23. The molecule has 2 aromatic rings. The van der Waals surface area contributed by atoms with Gasteiger partial charge in [-0.15, -0.1) is 0 Å². The van der Waals surface area contributed by atoms with Crippen molar-refractivity contribution in [3.63, 3.8) is 0 Å². The number of nitro benzene ring substituents is 1. The molecule has 0 atom stereocenters. The number of nitro groups is 1. The summed E-state index contributed by atoms with van der Waals surface area (Å²) < 4.78 is 0.885. The lowest BCUT2D eigenvalue weighted by Crippen LogP contribution is -1.93. The lowest BCUT2D eigenvalue weighted by Gasteiger charge is -2.05. The summed E-state index contributed by atoms with van der Waals surface area (Å²) in [6.07, 6.45) is 0. The van der Waals surface area contributed by atoms with E-state index in [1.165, 1.54) is 17.8 Å². The van der Waals surface area contributed by atoms with Crippen molar-refractivity contribution >= 4 is 33.4 Å². The molecule has 0 aliphatic rings. The summed E-state index contributed by atoms with van der Waals surface area (Å²) in [6, 6.07) is 14.0. The topological polar surface area (TPSA) is 66.9 Å². The van der Waals surface area contributed by atoms with Gasteiger partial charge in [0.1, 0.15) is 11.6 Å². The van der Waals surface area contributed by atoms with Crippen LogP contribution in [-0.4, -0.2) is 4.92 Å². The highest BCUT2D eigenvalue weighted by Gasteiger charge is 2.18. The fourth-order valence-electron chi connectivity index (χ4n) is 1.52. The van der Waals surface area contributed by atoms with Gasteiger partial charge in [0.05, 0.1) is 4.92 Å². The summed E-state index contributed by atoms with van der Waals surface area (Å²) >= 11 is 4.73. The third-order valence-corrected chi connectivity index (χ3v) is 4.46. The molecule has 2 aromatic carbocycles. The molecular formula is C13H7BrN2O2S. The molecule has 0 radical (unpaired) electrons. The van der Waals surface area contributed by atoms with Crippen molar-refractivity contribution in [1.82, 2.24) is 0 Å². The monoisotopic (exact) mass is 334 g/mol. The van der Waals surface area contributed by atoms with Crippen molar-refractivity contribution in [2.45, 2.75) is 9.79 Å². The molecule has 0 heterocycles. The molecule has 0 fully saturated rings. The van der Waals surface area contributed by atoms with Gasteiger partial charge >= 0.3 is 0 Å². The SMILES string of the molecule is N#Cc1c(Sc2ccccc2Br)cccc1[N+](=O)[O-]. The Morgan fingerprint density at radius 1 is 1.16 bits per heavy atom. The second-order valence-corrected chi connectivity index (χ2v) is 5.49. The molecular weight excluding hydrogens is 328 g/mol. The minimum Gasteiger partial charge on any atom is -0.258 e. The second kappa shape index (κ2) is 5.87.